The lowest BCUT2D eigenvalue weighted by molar-refractivity contribution is -0.121. The Balaban J connectivity index is 3.79. The van der Waals surface area contributed by atoms with Crippen LogP contribution < -0.4 is 0 Å². The third-order valence-corrected chi connectivity index (χ3v) is 3.64. The van der Waals surface area contributed by atoms with Crippen LogP contribution in [0.5, 0.6) is 0 Å². The maximum atomic E-state index is 12.1. The molecular formula is C17H31ClO. The van der Waals surface area contributed by atoms with Gasteiger partial charge < -0.3 is 0 Å². The first kappa shape index (κ1) is 18.7. The number of carbonyl (C=O) groups excluding carboxylic acids is 1. The van der Waals surface area contributed by atoms with Crippen molar-refractivity contribution in [1.82, 2.24) is 0 Å². The Morgan fingerprint density at radius 3 is 2.32 bits per heavy atom. The SMILES string of the molecule is CCCCCCCCC(=O)C(/C=C/CC(C)Cl)CC. The molecule has 0 bridgehead atoms. The molecule has 0 amide bonds. The minimum absolute atomic E-state index is 0.103. The molecule has 0 N–H and O–H groups in total. The molecule has 2 atom stereocenters. The average molecular weight is 287 g/mol. The molecule has 1 nitrogen and oxygen atoms in total. The van der Waals surface area contributed by atoms with Gasteiger partial charge in [-0.2, -0.15) is 0 Å². The number of unbranched alkanes of at least 4 members (excludes halogenated alkanes) is 5. The van der Waals surface area contributed by atoms with Crippen molar-refractivity contribution >= 4 is 17.4 Å². The number of halogens is 1. The highest BCUT2D eigenvalue weighted by Gasteiger charge is 2.12. The summed E-state index contributed by atoms with van der Waals surface area (Å²) in [5.41, 5.74) is 0. The van der Waals surface area contributed by atoms with Gasteiger partial charge in [-0.3, -0.25) is 4.79 Å². The molecule has 0 aliphatic heterocycles. The molecule has 0 spiro atoms. The van der Waals surface area contributed by atoms with E-state index in [1.165, 1.54) is 32.1 Å². The summed E-state index contributed by atoms with van der Waals surface area (Å²) < 4.78 is 0. The number of hydrogen-bond donors (Lipinski definition) is 0. The van der Waals surface area contributed by atoms with Crippen molar-refractivity contribution in [2.45, 2.75) is 83.9 Å². The molecule has 0 saturated carbocycles. The highest BCUT2D eigenvalue weighted by molar-refractivity contribution is 6.20. The van der Waals surface area contributed by atoms with E-state index in [1.54, 1.807) is 0 Å². The van der Waals surface area contributed by atoms with E-state index in [0.717, 1.165) is 25.7 Å². The predicted molar refractivity (Wildman–Crippen MR) is 85.9 cm³/mol. The Kier molecular flexibility index (Phi) is 12.5. The quantitative estimate of drug-likeness (QED) is 0.248. The van der Waals surface area contributed by atoms with Gasteiger partial charge in [0.2, 0.25) is 0 Å². The van der Waals surface area contributed by atoms with Crippen LogP contribution in [-0.2, 0) is 4.79 Å². The first-order valence-electron chi connectivity index (χ1n) is 7.95. The Bertz CT molecular complexity index is 246. The summed E-state index contributed by atoms with van der Waals surface area (Å²) >= 11 is 5.89. The van der Waals surface area contributed by atoms with Gasteiger partial charge in [-0.1, -0.05) is 58.1 Å². The van der Waals surface area contributed by atoms with E-state index in [0.29, 0.717) is 5.78 Å². The largest absolute Gasteiger partial charge is 0.299 e. The normalized spacial score (nSPS) is 14.7. The topological polar surface area (TPSA) is 17.1 Å². The molecule has 0 aliphatic carbocycles. The van der Waals surface area contributed by atoms with Crippen LogP contribution in [-0.4, -0.2) is 11.2 Å². The second-order valence-electron chi connectivity index (χ2n) is 5.44. The molecule has 0 heterocycles. The number of Topliss-reactive ketones (excluding diaryl/α,β-unsaturated/α-hetero) is 1. The molecule has 112 valence electrons. The van der Waals surface area contributed by atoms with E-state index in [2.05, 4.69) is 26.0 Å². The molecule has 0 radical (unpaired) electrons. The highest BCUT2D eigenvalue weighted by atomic mass is 35.5. The first-order chi connectivity index (χ1) is 9.11. The number of carbonyl (C=O) groups is 1. The van der Waals surface area contributed by atoms with Crippen LogP contribution in [0.2, 0.25) is 0 Å². The number of alkyl halides is 1. The van der Waals surface area contributed by atoms with Gasteiger partial charge in [0, 0.05) is 17.7 Å². The van der Waals surface area contributed by atoms with Gasteiger partial charge in [0.05, 0.1) is 0 Å². The molecule has 0 rings (SSSR count). The summed E-state index contributed by atoms with van der Waals surface area (Å²) in [4.78, 5) is 12.1. The van der Waals surface area contributed by atoms with Gasteiger partial charge in [0.1, 0.15) is 5.78 Å². The zero-order valence-electron chi connectivity index (χ0n) is 13.0. The Morgan fingerprint density at radius 1 is 1.11 bits per heavy atom. The maximum Gasteiger partial charge on any atom is 0.139 e. The van der Waals surface area contributed by atoms with E-state index in [4.69, 9.17) is 11.6 Å². The van der Waals surface area contributed by atoms with Crippen LogP contribution in [0.3, 0.4) is 0 Å². The Morgan fingerprint density at radius 2 is 1.74 bits per heavy atom. The number of ketones is 1. The average Bonchev–Trinajstić information content (AvgIpc) is 2.38. The van der Waals surface area contributed by atoms with Gasteiger partial charge in [-0.15, -0.1) is 11.6 Å². The van der Waals surface area contributed by atoms with Crippen molar-refractivity contribution in [1.29, 1.82) is 0 Å². The molecule has 0 fully saturated rings. The van der Waals surface area contributed by atoms with Gasteiger partial charge in [-0.05, 0) is 26.2 Å². The van der Waals surface area contributed by atoms with Crippen LogP contribution in [0.1, 0.15) is 78.6 Å². The first-order valence-corrected chi connectivity index (χ1v) is 8.38. The van der Waals surface area contributed by atoms with Crippen molar-refractivity contribution in [3.05, 3.63) is 12.2 Å². The fourth-order valence-corrected chi connectivity index (χ4v) is 2.27. The standard InChI is InChI=1S/C17H31ClO/c1-4-6-7-8-9-10-14-17(19)16(5-2)13-11-12-15(3)18/h11,13,15-16H,4-10,12,14H2,1-3H3/b13-11+. The lowest BCUT2D eigenvalue weighted by atomic mass is 9.95. The fraction of sp³-hybridized carbons (Fsp3) is 0.824. The molecule has 0 aromatic carbocycles. The Labute approximate surface area is 124 Å². The van der Waals surface area contributed by atoms with E-state index >= 15 is 0 Å². The molecule has 0 saturated heterocycles. The monoisotopic (exact) mass is 286 g/mol. The number of hydrogen-bond acceptors (Lipinski definition) is 1. The zero-order chi connectivity index (χ0) is 14.5. The summed E-state index contributed by atoms with van der Waals surface area (Å²) in [6.07, 6.45) is 14.1. The molecule has 0 aromatic rings. The smallest absolute Gasteiger partial charge is 0.139 e. The van der Waals surface area contributed by atoms with Gasteiger partial charge >= 0.3 is 0 Å². The number of allylic oxidation sites excluding steroid dienone is 2. The summed E-state index contributed by atoms with van der Waals surface area (Å²) in [5, 5.41) is 0.155. The minimum Gasteiger partial charge on any atom is -0.299 e. The predicted octanol–water partition coefficient (Wildman–Crippen LogP) is 5.91. The van der Waals surface area contributed by atoms with E-state index < -0.39 is 0 Å². The summed E-state index contributed by atoms with van der Waals surface area (Å²) in [7, 11) is 0. The molecule has 0 aliphatic rings. The van der Waals surface area contributed by atoms with Gasteiger partial charge in [0.15, 0.2) is 0 Å². The minimum atomic E-state index is 0.103. The third kappa shape index (κ3) is 11.2. The zero-order valence-corrected chi connectivity index (χ0v) is 13.7. The van der Waals surface area contributed by atoms with E-state index in [1.807, 2.05) is 6.92 Å². The van der Waals surface area contributed by atoms with Gasteiger partial charge in [0.25, 0.3) is 0 Å². The number of rotatable bonds is 12. The fourth-order valence-electron chi connectivity index (χ4n) is 2.17. The van der Waals surface area contributed by atoms with Crippen LogP contribution in [0.4, 0.5) is 0 Å². The second-order valence-corrected chi connectivity index (χ2v) is 6.19. The molecular weight excluding hydrogens is 256 g/mol. The lowest BCUT2D eigenvalue weighted by Gasteiger charge is -2.09. The van der Waals surface area contributed by atoms with E-state index in [9.17, 15) is 4.79 Å². The summed E-state index contributed by atoms with van der Waals surface area (Å²) in [5.74, 6) is 0.502. The Hall–Kier alpha value is -0.300. The molecule has 19 heavy (non-hydrogen) atoms. The summed E-state index contributed by atoms with van der Waals surface area (Å²) in [6, 6.07) is 0. The van der Waals surface area contributed by atoms with Crippen molar-refractivity contribution in [2.24, 2.45) is 5.92 Å². The van der Waals surface area contributed by atoms with Crippen molar-refractivity contribution in [2.75, 3.05) is 0 Å². The van der Waals surface area contributed by atoms with E-state index in [-0.39, 0.29) is 11.3 Å². The van der Waals surface area contributed by atoms with Crippen molar-refractivity contribution in [3.8, 4) is 0 Å². The highest BCUT2D eigenvalue weighted by Crippen LogP contribution is 2.14. The summed E-state index contributed by atoms with van der Waals surface area (Å²) in [6.45, 7) is 6.28. The van der Waals surface area contributed by atoms with Crippen LogP contribution in [0, 0.1) is 5.92 Å². The van der Waals surface area contributed by atoms with Crippen LogP contribution in [0.15, 0.2) is 12.2 Å². The van der Waals surface area contributed by atoms with Crippen molar-refractivity contribution in [3.63, 3.8) is 0 Å². The maximum absolute atomic E-state index is 12.1. The van der Waals surface area contributed by atoms with Crippen LogP contribution >= 0.6 is 11.6 Å². The second kappa shape index (κ2) is 12.7. The van der Waals surface area contributed by atoms with Crippen LogP contribution in [0.25, 0.3) is 0 Å². The third-order valence-electron chi connectivity index (χ3n) is 3.46. The molecule has 0 aromatic heterocycles. The van der Waals surface area contributed by atoms with Crippen molar-refractivity contribution < 1.29 is 4.79 Å². The molecule has 2 unspecified atom stereocenters. The van der Waals surface area contributed by atoms with Gasteiger partial charge in [-0.25, -0.2) is 0 Å². The molecule has 2 heteroatoms. The lowest BCUT2D eigenvalue weighted by Crippen LogP contribution is -2.11.